The first-order valence-electron chi connectivity index (χ1n) is 7.30. The van der Waals surface area contributed by atoms with Crippen LogP contribution in [0.2, 0.25) is 0 Å². The van der Waals surface area contributed by atoms with Crippen LogP contribution in [0.3, 0.4) is 0 Å². The number of nitrogens with zero attached hydrogens (tertiary/aromatic N) is 2. The number of carbonyl (C=O) groups excluding carboxylic acids is 1. The summed E-state index contributed by atoms with van der Waals surface area (Å²) in [6.07, 6.45) is 4.22. The second kappa shape index (κ2) is 5.38. The Morgan fingerprint density at radius 2 is 2.17 bits per heavy atom. The smallest absolute Gasteiger partial charge is 0.361 e. The predicted molar refractivity (Wildman–Crippen MR) is 88.4 cm³/mol. The number of aryl methyl sites for hydroxylation is 1. The van der Waals surface area contributed by atoms with Crippen molar-refractivity contribution in [1.29, 1.82) is 0 Å². The summed E-state index contributed by atoms with van der Waals surface area (Å²) in [6.45, 7) is 2.05. The van der Waals surface area contributed by atoms with Crippen LogP contribution in [0, 0.1) is 6.92 Å². The number of fused-ring (bicyclic) bond motifs is 2. The van der Waals surface area contributed by atoms with E-state index in [-0.39, 0.29) is 5.82 Å². The van der Waals surface area contributed by atoms with Crippen LogP contribution < -0.4 is 5.32 Å². The van der Waals surface area contributed by atoms with E-state index in [2.05, 4.69) is 39.3 Å². The lowest BCUT2D eigenvalue weighted by molar-refractivity contribution is -0.0544. The molecule has 4 rings (SSSR count). The van der Waals surface area contributed by atoms with Crippen molar-refractivity contribution in [3.8, 4) is 11.1 Å². The molecule has 6 nitrogen and oxygen atoms in total. The Labute approximate surface area is 135 Å². The topological polar surface area (TPSA) is 71.4 Å². The van der Waals surface area contributed by atoms with Gasteiger partial charge in [-0.1, -0.05) is 0 Å². The minimum atomic E-state index is -1.20. The summed E-state index contributed by atoms with van der Waals surface area (Å²) in [7, 11) is 0. The summed E-state index contributed by atoms with van der Waals surface area (Å²) in [5, 5.41) is 3.33. The van der Waals surface area contributed by atoms with Gasteiger partial charge < -0.3 is 9.38 Å². The van der Waals surface area contributed by atoms with Crippen molar-refractivity contribution in [2.45, 2.75) is 6.92 Å². The number of amides is 1. The molecule has 0 atom stereocenters. The highest BCUT2D eigenvalue weighted by Crippen LogP contribution is 2.28. The number of hydrogen-bond donors (Lipinski definition) is 2. The van der Waals surface area contributed by atoms with E-state index < -0.39 is 6.09 Å². The molecule has 0 fully saturated rings. The van der Waals surface area contributed by atoms with Crippen LogP contribution in [0.25, 0.3) is 27.7 Å². The van der Waals surface area contributed by atoms with E-state index in [0.717, 1.165) is 27.6 Å². The number of aromatic nitrogens is 3. The van der Waals surface area contributed by atoms with E-state index in [1.165, 1.54) is 0 Å². The molecule has 0 radical (unpaired) electrons. The van der Waals surface area contributed by atoms with Crippen molar-refractivity contribution in [1.82, 2.24) is 14.4 Å². The van der Waals surface area contributed by atoms with Gasteiger partial charge in [0.05, 0.1) is 6.20 Å². The molecule has 0 spiro atoms. The molecule has 0 aliphatic heterocycles. The van der Waals surface area contributed by atoms with Gasteiger partial charge in [0.1, 0.15) is 5.65 Å². The second-order valence-electron chi connectivity index (χ2n) is 5.53. The lowest BCUT2D eigenvalue weighted by Crippen LogP contribution is -2.09. The first-order valence-corrected chi connectivity index (χ1v) is 7.30. The maximum Gasteiger partial charge on any atom is 0.450 e. The molecule has 120 valence electrons. The average molecular weight is 324 g/mol. The Morgan fingerprint density at radius 3 is 3.00 bits per heavy atom. The summed E-state index contributed by atoms with van der Waals surface area (Å²) in [5.74, 6) is 0.215. The van der Waals surface area contributed by atoms with E-state index in [0.29, 0.717) is 5.65 Å². The number of imidazole rings is 1. The van der Waals surface area contributed by atoms with Crippen LogP contribution in [0.15, 0.2) is 48.9 Å². The number of carbonyl (C=O) groups is 1. The largest absolute Gasteiger partial charge is 0.450 e. The van der Waals surface area contributed by atoms with Crippen LogP contribution in [-0.4, -0.2) is 20.5 Å². The highest BCUT2D eigenvalue weighted by Gasteiger charge is 2.10. The number of halogens is 1. The molecule has 7 heteroatoms. The molecular weight excluding hydrogens is 311 g/mol. The van der Waals surface area contributed by atoms with Crippen LogP contribution in [0.5, 0.6) is 0 Å². The van der Waals surface area contributed by atoms with Crippen molar-refractivity contribution in [3.63, 3.8) is 0 Å². The number of hydrogen-bond acceptors (Lipinski definition) is 3. The van der Waals surface area contributed by atoms with Crippen LogP contribution in [-0.2, 0) is 4.94 Å². The Hall–Kier alpha value is -3.35. The SMILES string of the molecule is Cc1cc2[nH]ccc2cc1-c1ccc2nc(NC(=O)OF)cn2c1. The normalized spacial score (nSPS) is 11.1. The molecule has 3 aromatic heterocycles. The van der Waals surface area contributed by atoms with Crippen molar-refractivity contribution < 1.29 is 14.3 Å². The fourth-order valence-electron chi connectivity index (χ4n) is 2.86. The first-order chi connectivity index (χ1) is 11.6. The minimum absolute atomic E-state index is 0.215. The van der Waals surface area contributed by atoms with E-state index in [1.807, 2.05) is 30.6 Å². The fraction of sp³-hybridized carbons (Fsp3) is 0.0588. The lowest BCUT2D eigenvalue weighted by atomic mass is 10.0. The van der Waals surface area contributed by atoms with Crippen molar-refractivity contribution in [2.75, 3.05) is 5.32 Å². The molecular formula is C17H13FN4O2. The van der Waals surface area contributed by atoms with E-state index in [9.17, 15) is 9.32 Å². The number of rotatable bonds is 2. The fourth-order valence-corrected chi connectivity index (χ4v) is 2.86. The molecule has 2 N–H and O–H groups in total. The highest BCUT2D eigenvalue weighted by molar-refractivity contribution is 5.87. The average Bonchev–Trinajstić information content (AvgIpc) is 3.18. The molecule has 0 unspecified atom stereocenters. The Bertz CT molecular complexity index is 1070. The third-order valence-electron chi connectivity index (χ3n) is 3.96. The maximum absolute atomic E-state index is 11.8. The second-order valence-corrected chi connectivity index (χ2v) is 5.53. The number of benzene rings is 1. The van der Waals surface area contributed by atoms with Gasteiger partial charge in [-0.3, -0.25) is 5.32 Å². The van der Waals surface area contributed by atoms with Crippen LogP contribution in [0.1, 0.15) is 5.56 Å². The van der Waals surface area contributed by atoms with Crippen LogP contribution >= 0.6 is 0 Å². The minimum Gasteiger partial charge on any atom is -0.361 e. The van der Waals surface area contributed by atoms with E-state index in [4.69, 9.17) is 0 Å². The summed E-state index contributed by atoms with van der Waals surface area (Å²) in [4.78, 5) is 21.4. The molecule has 4 aromatic rings. The summed E-state index contributed by atoms with van der Waals surface area (Å²) < 4.78 is 13.6. The van der Waals surface area contributed by atoms with Crippen molar-refractivity contribution >= 4 is 28.5 Å². The Balaban J connectivity index is 1.78. The summed E-state index contributed by atoms with van der Waals surface area (Å²) in [6, 6.07) is 10.0. The molecule has 0 aliphatic rings. The highest BCUT2D eigenvalue weighted by atomic mass is 19.3. The molecule has 0 aliphatic carbocycles. The zero-order valence-corrected chi connectivity index (χ0v) is 12.7. The lowest BCUT2D eigenvalue weighted by Gasteiger charge is -2.07. The van der Waals surface area contributed by atoms with E-state index >= 15 is 0 Å². The zero-order valence-electron chi connectivity index (χ0n) is 12.7. The number of H-pyrrole nitrogens is 1. The monoisotopic (exact) mass is 324 g/mol. The van der Waals surface area contributed by atoms with Gasteiger partial charge in [0, 0.05) is 22.4 Å². The van der Waals surface area contributed by atoms with Gasteiger partial charge >= 0.3 is 6.09 Å². The van der Waals surface area contributed by atoms with Gasteiger partial charge in [-0.05, 0) is 59.3 Å². The number of nitrogens with one attached hydrogen (secondary N) is 2. The molecule has 0 saturated heterocycles. The summed E-state index contributed by atoms with van der Waals surface area (Å²) >= 11 is 0. The number of aromatic amines is 1. The molecule has 1 aromatic carbocycles. The van der Waals surface area contributed by atoms with Gasteiger partial charge in [-0.2, -0.15) is 0 Å². The molecule has 0 saturated carbocycles. The van der Waals surface area contributed by atoms with Gasteiger partial charge in [-0.25, -0.2) is 14.7 Å². The Morgan fingerprint density at radius 1 is 1.29 bits per heavy atom. The standard InChI is InChI=1S/C17H13FN4O2/c1-10-6-14-11(4-5-19-14)7-13(10)12-2-3-16-20-15(9-22(16)8-12)21-17(23)24-18/h2-9,19H,1H3,(H,21,23). The number of pyridine rings is 1. The quantitative estimate of drug-likeness (QED) is 0.580. The molecule has 3 heterocycles. The predicted octanol–water partition coefficient (Wildman–Crippen LogP) is 4.22. The van der Waals surface area contributed by atoms with Gasteiger partial charge in [0.15, 0.2) is 5.82 Å². The van der Waals surface area contributed by atoms with Gasteiger partial charge in [0.2, 0.25) is 0 Å². The van der Waals surface area contributed by atoms with Crippen molar-refractivity contribution in [2.24, 2.45) is 0 Å². The maximum atomic E-state index is 11.8. The van der Waals surface area contributed by atoms with Gasteiger partial charge in [0.25, 0.3) is 0 Å². The van der Waals surface area contributed by atoms with E-state index in [1.54, 1.807) is 10.6 Å². The molecule has 0 bridgehead atoms. The number of anilines is 1. The van der Waals surface area contributed by atoms with Crippen molar-refractivity contribution in [3.05, 3.63) is 54.5 Å². The summed E-state index contributed by atoms with van der Waals surface area (Å²) in [5.41, 5.74) is 4.99. The van der Waals surface area contributed by atoms with Gasteiger partial charge in [-0.15, -0.1) is 0 Å². The molecule has 24 heavy (non-hydrogen) atoms. The Kier molecular flexibility index (Phi) is 3.19. The third-order valence-corrected chi connectivity index (χ3v) is 3.96. The zero-order chi connectivity index (χ0) is 16.7. The van der Waals surface area contributed by atoms with Crippen LogP contribution in [0.4, 0.5) is 15.1 Å². The third kappa shape index (κ3) is 2.36. The first kappa shape index (κ1) is 14.3. The molecule has 1 amide bonds.